The van der Waals surface area contributed by atoms with E-state index in [1.807, 2.05) is 13.8 Å². The molecule has 8 nitrogen and oxygen atoms in total. The molecule has 0 fully saturated rings. The van der Waals surface area contributed by atoms with Gasteiger partial charge in [0.15, 0.2) is 0 Å². The summed E-state index contributed by atoms with van der Waals surface area (Å²) in [7, 11) is -2.76. The summed E-state index contributed by atoms with van der Waals surface area (Å²) in [5.41, 5.74) is 0.858. The SMILES string of the molecule is CC[C@H](C)NC(=O)[C@H](C)N(Cc1cccc(Cl)c1)C(=O)CN(c1ccc(OC)c(Cl)c1)S(=O)(=O)c1ccccc1. The minimum atomic E-state index is -4.20. The summed E-state index contributed by atoms with van der Waals surface area (Å²) in [6, 6.07) is 18.2. The monoisotopic (exact) mass is 605 g/mol. The number of amides is 2. The van der Waals surface area contributed by atoms with Crippen molar-refractivity contribution in [2.75, 3.05) is 18.0 Å². The number of anilines is 1. The first-order valence-corrected chi connectivity index (χ1v) is 14.9. The number of nitrogens with one attached hydrogen (secondary N) is 1. The van der Waals surface area contributed by atoms with E-state index in [-0.39, 0.29) is 34.1 Å². The van der Waals surface area contributed by atoms with Crippen molar-refractivity contribution in [1.82, 2.24) is 10.2 Å². The lowest BCUT2D eigenvalue weighted by Gasteiger charge is -2.32. The van der Waals surface area contributed by atoms with Gasteiger partial charge in [0, 0.05) is 17.6 Å². The van der Waals surface area contributed by atoms with Crippen molar-refractivity contribution in [2.45, 2.75) is 50.7 Å². The second-order valence-corrected chi connectivity index (χ2v) is 12.0. The van der Waals surface area contributed by atoms with Crippen molar-refractivity contribution >= 4 is 50.7 Å². The molecule has 0 aromatic heterocycles. The number of halogens is 2. The van der Waals surface area contributed by atoms with Crippen LogP contribution in [0.4, 0.5) is 5.69 Å². The van der Waals surface area contributed by atoms with Gasteiger partial charge in [-0.05, 0) is 68.3 Å². The van der Waals surface area contributed by atoms with Gasteiger partial charge in [0.25, 0.3) is 10.0 Å². The van der Waals surface area contributed by atoms with Gasteiger partial charge in [0.1, 0.15) is 18.3 Å². The van der Waals surface area contributed by atoms with Crippen LogP contribution < -0.4 is 14.4 Å². The predicted molar refractivity (Wildman–Crippen MR) is 158 cm³/mol. The highest BCUT2D eigenvalue weighted by Crippen LogP contribution is 2.32. The second kappa shape index (κ2) is 13.9. The quantitative estimate of drug-likeness (QED) is 0.293. The standard InChI is InChI=1S/C29H33Cl2N3O5S/c1-5-20(2)32-29(36)21(3)33(18-22-10-9-11-23(30)16-22)28(35)19-34(24-14-15-27(39-4)26(31)17-24)40(37,38)25-12-7-6-8-13-25/h6-17,20-21H,5,18-19H2,1-4H3,(H,32,36)/t20-,21-/m0/s1. The summed E-state index contributed by atoms with van der Waals surface area (Å²) in [5, 5.41) is 3.55. The van der Waals surface area contributed by atoms with Crippen LogP contribution in [0, 0.1) is 0 Å². The van der Waals surface area contributed by atoms with Crippen LogP contribution in [0.3, 0.4) is 0 Å². The van der Waals surface area contributed by atoms with Gasteiger partial charge in [-0.1, -0.05) is 60.5 Å². The molecule has 3 aromatic carbocycles. The zero-order valence-corrected chi connectivity index (χ0v) is 25.1. The number of carbonyl (C=O) groups is 2. The summed E-state index contributed by atoms with van der Waals surface area (Å²) >= 11 is 12.5. The lowest BCUT2D eigenvalue weighted by atomic mass is 10.1. The van der Waals surface area contributed by atoms with Gasteiger partial charge in [0.2, 0.25) is 11.8 Å². The van der Waals surface area contributed by atoms with Crippen molar-refractivity contribution in [1.29, 1.82) is 0 Å². The normalized spacial score (nSPS) is 12.8. The molecular weight excluding hydrogens is 573 g/mol. The molecule has 11 heteroatoms. The molecule has 0 radical (unpaired) electrons. The van der Waals surface area contributed by atoms with E-state index in [4.69, 9.17) is 27.9 Å². The Kier molecular flexibility index (Phi) is 10.8. The molecule has 3 aromatic rings. The molecule has 0 spiro atoms. The zero-order chi connectivity index (χ0) is 29.4. The molecule has 40 heavy (non-hydrogen) atoms. The van der Waals surface area contributed by atoms with E-state index in [1.54, 1.807) is 49.4 Å². The topological polar surface area (TPSA) is 96.0 Å². The number of benzene rings is 3. The summed E-state index contributed by atoms with van der Waals surface area (Å²) in [6.07, 6.45) is 0.710. The number of methoxy groups -OCH3 is 1. The molecule has 0 heterocycles. The third-order valence-corrected chi connectivity index (χ3v) is 8.76. The first kappa shape index (κ1) is 31.3. The second-order valence-electron chi connectivity index (χ2n) is 9.29. The Hall–Kier alpha value is -3.27. The van der Waals surface area contributed by atoms with Crippen LogP contribution in [0.2, 0.25) is 10.0 Å². The molecule has 1 N–H and O–H groups in total. The van der Waals surface area contributed by atoms with E-state index >= 15 is 0 Å². The number of hydrogen-bond donors (Lipinski definition) is 1. The van der Waals surface area contributed by atoms with Crippen LogP contribution in [0.1, 0.15) is 32.8 Å². The van der Waals surface area contributed by atoms with Crippen molar-refractivity contribution in [2.24, 2.45) is 0 Å². The molecule has 2 amide bonds. The molecule has 0 unspecified atom stereocenters. The minimum Gasteiger partial charge on any atom is -0.495 e. The van der Waals surface area contributed by atoms with Gasteiger partial charge < -0.3 is 15.0 Å². The van der Waals surface area contributed by atoms with Crippen molar-refractivity contribution in [3.63, 3.8) is 0 Å². The fourth-order valence-electron chi connectivity index (χ4n) is 3.94. The zero-order valence-electron chi connectivity index (χ0n) is 22.8. The largest absolute Gasteiger partial charge is 0.495 e. The minimum absolute atomic E-state index is 0.00121. The molecule has 0 saturated carbocycles. The van der Waals surface area contributed by atoms with E-state index in [0.29, 0.717) is 22.8 Å². The van der Waals surface area contributed by atoms with Gasteiger partial charge >= 0.3 is 0 Å². The van der Waals surface area contributed by atoms with Gasteiger partial charge in [-0.3, -0.25) is 13.9 Å². The van der Waals surface area contributed by atoms with E-state index in [1.165, 1.54) is 42.3 Å². The van der Waals surface area contributed by atoms with Gasteiger partial charge in [-0.25, -0.2) is 8.42 Å². The molecule has 0 saturated heterocycles. The number of sulfonamides is 1. The van der Waals surface area contributed by atoms with Crippen LogP contribution in [0.15, 0.2) is 77.7 Å². The van der Waals surface area contributed by atoms with Crippen LogP contribution in [0.25, 0.3) is 0 Å². The summed E-state index contributed by atoms with van der Waals surface area (Å²) in [6.45, 7) is 4.88. The van der Waals surface area contributed by atoms with E-state index in [9.17, 15) is 18.0 Å². The Morgan fingerprint density at radius 1 is 0.975 bits per heavy atom. The van der Waals surface area contributed by atoms with Gasteiger partial charge in [0.05, 0.1) is 22.7 Å². The Morgan fingerprint density at radius 3 is 2.27 bits per heavy atom. The first-order valence-electron chi connectivity index (χ1n) is 12.7. The number of nitrogens with zero attached hydrogens (tertiary/aromatic N) is 2. The fourth-order valence-corrected chi connectivity index (χ4v) is 5.83. The van der Waals surface area contributed by atoms with Crippen LogP contribution >= 0.6 is 23.2 Å². The highest BCUT2D eigenvalue weighted by Gasteiger charge is 2.33. The van der Waals surface area contributed by atoms with Gasteiger partial charge in [-0.15, -0.1) is 0 Å². The fraction of sp³-hybridized carbons (Fsp3) is 0.310. The van der Waals surface area contributed by atoms with Crippen molar-refractivity contribution < 1.29 is 22.7 Å². The third-order valence-electron chi connectivity index (χ3n) is 6.44. The predicted octanol–water partition coefficient (Wildman–Crippen LogP) is 5.53. The van der Waals surface area contributed by atoms with Crippen molar-refractivity contribution in [3.05, 3.63) is 88.4 Å². The van der Waals surface area contributed by atoms with E-state index in [2.05, 4.69) is 5.32 Å². The molecule has 2 atom stereocenters. The smallest absolute Gasteiger partial charge is 0.264 e. The highest BCUT2D eigenvalue weighted by atomic mass is 35.5. The Morgan fingerprint density at radius 2 is 1.68 bits per heavy atom. The Balaban J connectivity index is 2.05. The molecule has 0 aliphatic rings. The lowest BCUT2D eigenvalue weighted by Crippen LogP contribution is -2.52. The van der Waals surface area contributed by atoms with Crippen molar-refractivity contribution in [3.8, 4) is 5.75 Å². The highest BCUT2D eigenvalue weighted by molar-refractivity contribution is 7.92. The number of hydrogen-bond acceptors (Lipinski definition) is 5. The Bertz CT molecular complexity index is 1440. The average molecular weight is 607 g/mol. The summed E-state index contributed by atoms with van der Waals surface area (Å²) in [5.74, 6) is -0.584. The number of rotatable bonds is 12. The number of ether oxygens (including phenoxy) is 1. The lowest BCUT2D eigenvalue weighted by molar-refractivity contribution is -0.139. The van der Waals surface area contributed by atoms with Crippen LogP contribution in [0.5, 0.6) is 5.75 Å². The molecule has 0 aliphatic carbocycles. The third kappa shape index (κ3) is 7.68. The van der Waals surface area contributed by atoms with Crippen LogP contribution in [-0.2, 0) is 26.2 Å². The Labute approximate surface area is 245 Å². The summed E-state index contributed by atoms with van der Waals surface area (Å²) in [4.78, 5) is 28.4. The number of carbonyl (C=O) groups excluding carboxylic acids is 2. The average Bonchev–Trinajstić information content (AvgIpc) is 2.94. The molecular formula is C29H33Cl2N3O5S. The molecule has 0 aliphatic heterocycles. The maximum atomic E-state index is 14.0. The molecule has 214 valence electrons. The van der Waals surface area contributed by atoms with E-state index < -0.39 is 28.5 Å². The van der Waals surface area contributed by atoms with E-state index in [0.717, 1.165) is 4.31 Å². The van der Waals surface area contributed by atoms with Crippen LogP contribution in [-0.4, -0.2) is 50.9 Å². The molecule has 3 rings (SSSR count). The first-order chi connectivity index (χ1) is 19.0. The molecule has 0 bridgehead atoms. The maximum absolute atomic E-state index is 14.0. The van der Waals surface area contributed by atoms with Gasteiger partial charge in [-0.2, -0.15) is 0 Å². The maximum Gasteiger partial charge on any atom is 0.264 e. The summed E-state index contributed by atoms with van der Waals surface area (Å²) < 4.78 is 33.9.